The Morgan fingerprint density at radius 3 is 2.77 bits per heavy atom. The second-order valence-corrected chi connectivity index (χ2v) is 6.51. The highest BCUT2D eigenvalue weighted by Crippen LogP contribution is 2.31. The fraction of sp³-hybridized carbons (Fsp3) is 0.200. The van der Waals surface area contributed by atoms with Crippen LogP contribution in [0.3, 0.4) is 0 Å². The molecule has 10 nitrogen and oxygen atoms in total. The molecule has 0 radical (unpaired) electrons. The Bertz CT molecular complexity index is 1040. The number of carbonyl (C=O) groups excluding carboxylic acids is 1. The summed E-state index contributed by atoms with van der Waals surface area (Å²) in [6.07, 6.45) is 5.52. The van der Waals surface area contributed by atoms with Gasteiger partial charge in [0, 0.05) is 6.54 Å². The molecule has 2 aromatic rings. The standard InChI is InChI=1S/C20H20N6O4/c1-2-9-22-19(27)12-29-14-5-7-15(8-6-14)30-26-13-23-20(16-4-3-10-28-16)24-18(26)11-17(21)25-26/h3-8,10-11,13H,2,9,12H2,1H3,(H2-,21,22,25,27)/p+1. The van der Waals surface area contributed by atoms with Crippen LogP contribution in [-0.2, 0) is 4.79 Å². The van der Waals surface area contributed by atoms with E-state index in [1.54, 1.807) is 48.7 Å². The summed E-state index contributed by atoms with van der Waals surface area (Å²) in [7, 11) is 0. The Kier molecular flexibility index (Phi) is 5.31. The number of nitrogens with one attached hydrogen (secondary N) is 1. The van der Waals surface area contributed by atoms with Crippen LogP contribution < -0.4 is 20.6 Å². The van der Waals surface area contributed by atoms with Gasteiger partial charge in [-0.1, -0.05) is 6.92 Å². The minimum Gasteiger partial charge on any atom is -0.484 e. The fourth-order valence-corrected chi connectivity index (χ4v) is 2.77. The van der Waals surface area contributed by atoms with Crippen LogP contribution in [0.2, 0.25) is 0 Å². The number of benzene rings is 1. The first kappa shape index (κ1) is 19.4. The number of aliphatic imine (C=N–C) groups is 2. The lowest BCUT2D eigenvalue weighted by Crippen LogP contribution is -2.44. The van der Waals surface area contributed by atoms with E-state index in [2.05, 4.69) is 20.4 Å². The van der Waals surface area contributed by atoms with Crippen molar-refractivity contribution >= 4 is 23.9 Å². The molecule has 1 atom stereocenters. The molecule has 0 spiro atoms. The van der Waals surface area contributed by atoms with Crippen molar-refractivity contribution in [3.63, 3.8) is 0 Å². The predicted octanol–water partition coefficient (Wildman–Crippen LogP) is 1.91. The number of carbonyl (C=O) groups is 1. The minimum absolute atomic E-state index is 0.0507. The zero-order valence-electron chi connectivity index (χ0n) is 16.3. The van der Waals surface area contributed by atoms with Gasteiger partial charge < -0.3 is 20.2 Å². The van der Waals surface area contributed by atoms with Crippen molar-refractivity contribution in [3.05, 3.63) is 60.3 Å². The molecular weight excluding hydrogens is 388 g/mol. The molecule has 1 aromatic heterocycles. The molecule has 0 saturated carbocycles. The van der Waals surface area contributed by atoms with Gasteiger partial charge in [0.2, 0.25) is 5.84 Å². The Morgan fingerprint density at radius 1 is 1.23 bits per heavy atom. The molecule has 3 N–H and O–H groups in total. The molecule has 0 fully saturated rings. The molecule has 1 amide bonds. The van der Waals surface area contributed by atoms with E-state index in [4.69, 9.17) is 19.7 Å². The Balaban J connectivity index is 1.44. The molecule has 0 saturated heterocycles. The number of furan rings is 1. The second kappa shape index (κ2) is 8.21. The van der Waals surface area contributed by atoms with Crippen molar-refractivity contribution < 1.29 is 23.5 Å². The normalized spacial score (nSPS) is 19.4. The van der Waals surface area contributed by atoms with Crippen molar-refractivity contribution in [1.82, 2.24) is 5.32 Å². The van der Waals surface area contributed by atoms with E-state index in [1.807, 2.05) is 6.92 Å². The van der Waals surface area contributed by atoms with E-state index in [0.29, 0.717) is 35.5 Å². The third-order valence-corrected chi connectivity index (χ3v) is 4.18. The van der Waals surface area contributed by atoms with E-state index < -0.39 is 4.76 Å². The van der Waals surface area contributed by atoms with Crippen molar-refractivity contribution in [2.75, 3.05) is 13.2 Å². The SMILES string of the molecule is CCCNC(=O)COc1ccc(O[N+]23C=NC(c4ccco4)=NC2=CC(N)=N3)cc1. The van der Waals surface area contributed by atoms with Gasteiger partial charge in [-0.05, 0) is 47.9 Å². The average molecular weight is 409 g/mol. The van der Waals surface area contributed by atoms with Crippen LogP contribution in [0.25, 0.3) is 0 Å². The van der Waals surface area contributed by atoms with Crippen LogP contribution in [-0.4, -0.2) is 41.8 Å². The molecule has 154 valence electrons. The summed E-state index contributed by atoms with van der Waals surface area (Å²) in [5, 5.41) is 7.06. The van der Waals surface area contributed by atoms with Crippen LogP contribution in [0.15, 0.2) is 74.1 Å². The maximum Gasteiger partial charge on any atom is 0.310 e. The number of nitrogens with two attached hydrogens (primary N) is 1. The van der Waals surface area contributed by atoms with Gasteiger partial charge in [0.15, 0.2) is 24.0 Å². The highest BCUT2D eigenvalue weighted by Gasteiger charge is 2.45. The molecule has 2 aliphatic rings. The van der Waals surface area contributed by atoms with Gasteiger partial charge in [-0.15, -0.1) is 0 Å². The first-order valence-electron chi connectivity index (χ1n) is 9.41. The molecular formula is C20H21N6O4+. The Morgan fingerprint density at radius 2 is 2.03 bits per heavy atom. The monoisotopic (exact) mass is 409 g/mol. The number of amides is 1. The second-order valence-electron chi connectivity index (χ2n) is 6.51. The van der Waals surface area contributed by atoms with E-state index in [0.717, 1.165) is 6.42 Å². The van der Waals surface area contributed by atoms with Crippen LogP contribution in [0.5, 0.6) is 11.5 Å². The molecule has 0 aliphatic carbocycles. The van der Waals surface area contributed by atoms with Crippen molar-refractivity contribution in [2.24, 2.45) is 20.8 Å². The molecule has 30 heavy (non-hydrogen) atoms. The summed E-state index contributed by atoms with van der Waals surface area (Å²) in [6, 6.07) is 10.3. The average Bonchev–Trinajstić information content (AvgIpc) is 3.38. The zero-order chi connectivity index (χ0) is 21.0. The van der Waals surface area contributed by atoms with Crippen LogP contribution >= 0.6 is 0 Å². The van der Waals surface area contributed by atoms with Gasteiger partial charge in [0.1, 0.15) is 5.75 Å². The van der Waals surface area contributed by atoms with Crippen LogP contribution in [0.1, 0.15) is 19.1 Å². The predicted molar refractivity (Wildman–Crippen MR) is 110 cm³/mol. The summed E-state index contributed by atoms with van der Waals surface area (Å²) < 4.78 is 10.4. The first-order chi connectivity index (χ1) is 14.6. The first-order valence-corrected chi connectivity index (χ1v) is 9.41. The van der Waals surface area contributed by atoms with Gasteiger partial charge >= 0.3 is 5.82 Å². The molecule has 0 bridgehead atoms. The molecule has 1 aromatic carbocycles. The summed E-state index contributed by atoms with van der Waals surface area (Å²) in [6.45, 7) is 2.56. The highest BCUT2D eigenvalue weighted by atomic mass is 16.8. The molecule has 2 aliphatic heterocycles. The number of rotatable bonds is 8. The lowest BCUT2D eigenvalue weighted by molar-refractivity contribution is -0.973. The van der Waals surface area contributed by atoms with Crippen molar-refractivity contribution in [2.45, 2.75) is 13.3 Å². The van der Waals surface area contributed by atoms with Crippen LogP contribution in [0, 0.1) is 0 Å². The van der Waals surface area contributed by atoms with Crippen molar-refractivity contribution in [3.8, 4) is 11.5 Å². The highest BCUT2D eigenvalue weighted by molar-refractivity contribution is 6.03. The Labute approximate surface area is 172 Å². The lowest BCUT2D eigenvalue weighted by atomic mass is 10.3. The van der Waals surface area contributed by atoms with Gasteiger partial charge in [0.05, 0.1) is 17.1 Å². The smallest absolute Gasteiger partial charge is 0.310 e. The topological polar surface area (TPSA) is 124 Å². The molecule has 10 heteroatoms. The van der Waals surface area contributed by atoms with E-state index in [9.17, 15) is 4.79 Å². The Hall–Kier alpha value is -3.92. The quantitative estimate of drug-likeness (QED) is 0.645. The lowest BCUT2D eigenvalue weighted by Gasteiger charge is -2.23. The third-order valence-electron chi connectivity index (χ3n) is 4.18. The zero-order valence-corrected chi connectivity index (χ0v) is 16.3. The molecule has 4 rings (SSSR count). The fourth-order valence-electron chi connectivity index (χ4n) is 2.77. The molecule has 1 unspecified atom stereocenters. The van der Waals surface area contributed by atoms with E-state index in [1.165, 1.54) is 6.34 Å². The summed E-state index contributed by atoms with van der Waals surface area (Å²) in [5.41, 5.74) is 5.89. The summed E-state index contributed by atoms with van der Waals surface area (Å²) in [5.74, 6) is 2.51. The van der Waals surface area contributed by atoms with E-state index in [-0.39, 0.29) is 18.3 Å². The van der Waals surface area contributed by atoms with Gasteiger partial charge in [-0.3, -0.25) is 9.63 Å². The maximum atomic E-state index is 11.6. The van der Waals surface area contributed by atoms with E-state index >= 15 is 0 Å². The van der Waals surface area contributed by atoms with Crippen LogP contribution in [0.4, 0.5) is 0 Å². The summed E-state index contributed by atoms with van der Waals surface area (Å²) in [4.78, 5) is 26.4. The number of fused-ring (bicyclic) bond motifs is 1. The minimum atomic E-state index is -0.449. The number of quaternary nitrogens is 1. The number of amidine groups is 2. The largest absolute Gasteiger partial charge is 0.484 e. The van der Waals surface area contributed by atoms with Crippen molar-refractivity contribution in [1.29, 1.82) is 0 Å². The van der Waals surface area contributed by atoms with Gasteiger partial charge in [-0.2, -0.15) is 9.98 Å². The number of ether oxygens (including phenoxy) is 1. The number of hydrogen-bond donors (Lipinski definition) is 2. The van der Waals surface area contributed by atoms with Gasteiger partial charge in [-0.25, -0.2) is 0 Å². The number of nitrogens with zero attached hydrogens (tertiary/aromatic N) is 4. The number of hydrogen-bond acceptors (Lipinski definition) is 8. The molecule has 3 heterocycles. The number of hydroxylamine groups is 2. The van der Waals surface area contributed by atoms with Gasteiger partial charge in [0.25, 0.3) is 12.2 Å². The maximum absolute atomic E-state index is 11.6. The summed E-state index contributed by atoms with van der Waals surface area (Å²) >= 11 is 0. The third kappa shape index (κ3) is 4.08.